The number of rotatable bonds is 8. The van der Waals surface area contributed by atoms with Gasteiger partial charge in [0, 0.05) is 5.92 Å². The molecule has 3 rings (SSSR count). The second kappa shape index (κ2) is 11.3. The van der Waals surface area contributed by atoms with Crippen LogP contribution in [0.5, 0.6) is 5.75 Å². The molecule has 1 unspecified atom stereocenters. The predicted molar refractivity (Wildman–Crippen MR) is 109 cm³/mol. The Labute approximate surface area is 190 Å². The van der Waals surface area contributed by atoms with E-state index in [-0.39, 0.29) is 6.42 Å². The van der Waals surface area contributed by atoms with Gasteiger partial charge in [0.25, 0.3) is 0 Å². The van der Waals surface area contributed by atoms with Gasteiger partial charge in [0.1, 0.15) is 42.4 Å². The Morgan fingerprint density at radius 2 is 1.48 bits per heavy atom. The van der Waals surface area contributed by atoms with Crippen molar-refractivity contribution in [2.75, 3.05) is 20.3 Å². The lowest BCUT2D eigenvalue weighted by Crippen LogP contribution is -2.63. The first kappa shape index (κ1) is 26.2. The Kier molecular flexibility index (Phi) is 9.00. The zero-order valence-corrected chi connectivity index (χ0v) is 18.0. The largest absolute Gasteiger partial charge is 0.497 e. The third-order valence-electron chi connectivity index (χ3n) is 6.14. The zero-order chi connectivity index (χ0) is 24.3. The number of aliphatic hydroxyl groups is 8. The molecule has 12 nitrogen and oxygen atoms in total. The van der Waals surface area contributed by atoms with Gasteiger partial charge in [0.15, 0.2) is 12.6 Å². The van der Waals surface area contributed by atoms with Gasteiger partial charge < -0.3 is 59.8 Å². The first-order valence-corrected chi connectivity index (χ1v) is 10.6. The molecule has 0 amide bonds. The number of aliphatic hydroxyl groups excluding tert-OH is 8. The van der Waals surface area contributed by atoms with Crippen LogP contribution < -0.4 is 4.74 Å². The average molecular weight is 476 g/mol. The van der Waals surface area contributed by atoms with E-state index in [1.807, 2.05) is 0 Å². The first-order valence-electron chi connectivity index (χ1n) is 10.6. The number of hydrogen-bond donors (Lipinski definition) is 8. The van der Waals surface area contributed by atoms with E-state index in [4.69, 9.17) is 18.9 Å². The molecule has 2 heterocycles. The lowest BCUT2D eigenvalue weighted by molar-refractivity contribution is -0.351. The minimum Gasteiger partial charge on any atom is -0.497 e. The molecule has 2 aliphatic heterocycles. The van der Waals surface area contributed by atoms with Crippen molar-refractivity contribution in [2.45, 2.75) is 67.8 Å². The smallest absolute Gasteiger partial charge is 0.187 e. The molecule has 1 aromatic carbocycles. The van der Waals surface area contributed by atoms with Crippen LogP contribution in [0, 0.1) is 5.92 Å². The van der Waals surface area contributed by atoms with E-state index in [2.05, 4.69) is 0 Å². The minimum absolute atomic E-state index is 0.138. The molecule has 8 N–H and O–H groups in total. The van der Waals surface area contributed by atoms with E-state index in [9.17, 15) is 40.9 Å². The van der Waals surface area contributed by atoms with Gasteiger partial charge in [-0.15, -0.1) is 0 Å². The summed E-state index contributed by atoms with van der Waals surface area (Å²) in [6.07, 6.45) is -14.7. The Morgan fingerprint density at radius 1 is 0.848 bits per heavy atom. The Morgan fingerprint density at radius 3 is 2.06 bits per heavy atom. The monoisotopic (exact) mass is 476 g/mol. The van der Waals surface area contributed by atoms with Crippen LogP contribution in [0.3, 0.4) is 0 Å². The molecule has 0 aliphatic carbocycles. The van der Waals surface area contributed by atoms with Gasteiger partial charge >= 0.3 is 0 Å². The van der Waals surface area contributed by atoms with Crippen molar-refractivity contribution in [1.82, 2.24) is 0 Å². The fraction of sp³-hybridized carbons (Fsp3) is 0.714. The summed E-state index contributed by atoms with van der Waals surface area (Å²) in [5, 5.41) is 81.0. The molecule has 188 valence electrons. The topological polar surface area (TPSA) is 199 Å². The fourth-order valence-electron chi connectivity index (χ4n) is 4.12. The molecule has 33 heavy (non-hydrogen) atoms. The van der Waals surface area contributed by atoms with Gasteiger partial charge in [-0.25, -0.2) is 0 Å². The van der Waals surface area contributed by atoms with Crippen molar-refractivity contribution in [3.63, 3.8) is 0 Å². The van der Waals surface area contributed by atoms with Crippen LogP contribution in [-0.4, -0.2) is 116 Å². The van der Waals surface area contributed by atoms with E-state index >= 15 is 0 Å². The summed E-state index contributed by atoms with van der Waals surface area (Å²) in [6, 6.07) is 6.56. The highest BCUT2D eigenvalue weighted by Gasteiger charge is 2.50. The number of methoxy groups -OCH3 is 1. The third-order valence-corrected chi connectivity index (χ3v) is 6.14. The summed E-state index contributed by atoms with van der Waals surface area (Å²) in [4.78, 5) is 0. The second-order valence-corrected chi connectivity index (χ2v) is 8.22. The molecule has 2 fully saturated rings. The van der Waals surface area contributed by atoms with Gasteiger partial charge in [-0.2, -0.15) is 0 Å². The predicted octanol–water partition coefficient (Wildman–Crippen LogP) is -3.01. The molecule has 11 atom stereocenters. The lowest BCUT2D eigenvalue weighted by atomic mass is 9.85. The van der Waals surface area contributed by atoms with Gasteiger partial charge in [-0.1, -0.05) is 12.1 Å². The summed E-state index contributed by atoms with van der Waals surface area (Å²) >= 11 is 0. The van der Waals surface area contributed by atoms with Crippen LogP contribution in [0.25, 0.3) is 0 Å². The average Bonchev–Trinajstić information content (AvgIpc) is 2.83. The van der Waals surface area contributed by atoms with Crippen LogP contribution in [0.4, 0.5) is 0 Å². The van der Waals surface area contributed by atoms with E-state index in [0.29, 0.717) is 11.3 Å². The standard InChI is InChI=1S/C21H32O12/c1-30-10-4-2-9(3-5-10)12(24)6-11-15(25)19(14(8-23)31-20(11)29)33-21-18(28)17(27)16(26)13(7-22)32-21/h2-5,11-29H,6-8H2,1H3/t11-,12?,13-,14-,15-,16-,17+,18-,19-,20-,21-/m1/s1. The van der Waals surface area contributed by atoms with E-state index < -0.39 is 80.5 Å². The third kappa shape index (κ3) is 5.63. The van der Waals surface area contributed by atoms with Crippen LogP contribution in [-0.2, 0) is 14.2 Å². The van der Waals surface area contributed by atoms with Crippen LogP contribution in [0.15, 0.2) is 24.3 Å². The maximum atomic E-state index is 10.9. The Balaban J connectivity index is 1.74. The highest BCUT2D eigenvalue weighted by Crippen LogP contribution is 2.35. The number of benzene rings is 1. The Hall–Kier alpha value is -1.42. The van der Waals surface area contributed by atoms with Crippen molar-refractivity contribution in [3.05, 3.63) is 29.8 Å². The molecule has 0 saturated carbocycles. The lowest BCUT2D eigenvalue weighted by Gasteiger charge is -2.46. The molecule has 2 aliphatic rings. The molecular weight excluding hydrogens is 444 g/mol. The number of ether oxygens (including phenoxy) is 4. The van der Waals surface area contributed by atoms with Crippen molar-refractivity contribution in [1.29, 1.82) is 0 Å². The SMILES string of the molecule is COc1ccc(C(O)C[C@@H]2[C@@H](O)[C@H](O[C@H]3O[C@H](CO)[C@@H](O)[C@H](O)[C@H]3O)[C@@H](CO)O[C@H]2O)cc1. The summed E-state index contributed by atoms with van der Waals surface area (Å²) < 4.78 is 21.4. The van der Waals surface area contributed by atoms with Gasteiger partial charge in [0.2, 0.25) is 0 Å². The maximum absolute atomic E-state index is 10.9. The van der Waals surface area contributed by atoms with Crippen molar-refractivity contribution in [2.24, 2.45) is 5.92 Å². The van der Waals surface area contributed by atoms with Crippen LogP contribution in [0.1, 0.15) is 18.1 Å². The first-order chi connectivity index (χ1) is 15.7. The van der Waals surface area contributed by atoms with Crippen molar-refractivity contribution in [3.8, 4) is 5.75 Å². The fourth-order valence-corrected chi connectivity index (χ4v) is 4.12. The van der Waals surface area contributed by atoms with Crippen molar-refractivity contribution >= 4 is 0 Å². The molecule has 1 aromatic rings. The quantitative estimate of drug-likeness (QED) is 0.189. The minimum atomic E-state index is -1.73. The summed E-state index contributed by atoms with van der Waals surface area (Å²) in [5.41, 5.74) is 0.505. The Bertz CT molecular complexity index is 730. The molecule has 0 radical (unpaired) electrons. The van der Waals surface area contributed by atoms with Gasteiger partial charge in [-0.3, -0.25) is 0 Å². The van der Waals surface area contributed by atoms with E-state index in [1.165, 1.54) is 7.11 Å². The molecule has 12 heteroatoms. The van der Waals surface area contributed by atoms with E-state index in [1.54, 1.807) is 24.3 Å². The van der Waals surface area contributed by atoms with Crippen LogP contribution >= 0.6 is 0 Å². The molecule has 0 spiro atoms. The number of hydrogen-bond acceptors (Lipinski definition) is 12. The zero-order valence-electron chi connectivity index (χ0n) is 18.0. The summed E-state index contributed by atoms with van der Waals surface area (Å²) in [5.74, 6) is -0.467. The van der Waals surface area contributed by atoms with Crippen molar-refractivity contribution < 1.29 is 59.8 Å². The van der Waals surface area contributed by atoms with E-state index in [0.717, 1.165) is 0 Å². The van der Waals surface area contributed by atoms with Crippen LogP contribution in [0.2, 0.25) is 0 Å². The second-order valence-electron chi connectivity index (χ2n) is 8.22. The summed E-state index contributed by atoms with van der Waals surface area (Å²) in [6.45, 7) is -1.34. The summed E-state index contributed by atoms with van der Waals surface area (Å²) in [7, 11) is 1.50. The van der Waals surface area contributed by atoms with Gasteiger partial charge in [-0.05, 0) is 24.1 Å². The molecule has 2 saturated heterocycles. The molecule has 0 aromatic heterocycles. The normalized spacial score (nSPS) is 40.4. The highest BCUT2D eigenvalue weighted by atomic mass is 16.7. The maximum Gasteiger partial charge on any atom is 0.187 e. The van der Waals surface area contributed by atoms with Gasteiger partial charge in [0.05, 0.1) is 32.5 Å². The molecule has 0 bridgehead atoms. The molecular formula is C21H32O12. The highest BCUT2D eigenvalue weighted by molar-refractivity contribution is 5.28.